The molecule has 0 aliphatic carbocycles. The first-order valence-electron chi connectivity index (χ1n) is 6.93. The molecular formula is C12H35N4O2P3. The molecule has 0 bridgehead atoms. The van der Waals surface area contributed by atoms with E-state index in [1.165, 1.54) is 0 Å². The first-order chi connectivity index (χ1) is 9.52. The highest BCUT2D eigenvalue weighted by Gasteiger charge is 2.16. The fourth-order valence-corrected chi connectivity index (χ4v) is 2.01. The van der Waals surface area contributed by atoms with Gasteiger partial charge in [0.25, 0.3) is 0 Å². The minimum Gasteiger partial charge on any atom is -0.390 e. The second-order valence-corrected chi connectivity index (χ2v) is 7.77. The van der Waals surface area contributed by atoms with Crippen molar-refractivity contribution in [1.82, 2.24) is 19.3 Å². The van der Waals surface area contributed by atoms with Crippen LogP contribution in [0.2, 0.25) is 0 Å². The average Bonchev–Trinajstić information content (AvgIpc) is 2.35. The monoisotopic (exact) mass is 360 g/mol. The van der Waals surface area contributed by atoms with Gasteiger partial charge in [0, 0.05) is 25.2 Å². The van der Waals surface area contributed by atoms with E-state index >= 15 is 0 Å². The standard InChI is InChI=1S/C7H19N2OP.C5H16N2OP2/c1-6(8(2)3)7(10)5-9(4)11;1-4(6-9)5(8)3-7(2)10/h6-7,10H,5,11H2,1-4H3;4-6,8H,3,9-10H2,1-2H3/t6-,7+;4-,5+/m00/s1. The van der Waals surface area contributed by atoms with Crippen molar-refractivity contribution in [3.63, 3.8) is 0 Å². The molecular weight excluding hydrogens is 325 g/mol. The van der Waals surface area contributed by atoms with Crippen molar-refractivity contribution >= 4 is 28.2 Å². The van der Waals surface area contributed by atoms with Gasteiger partial charge in [0.1, 0.15) is 0 Å². The molecule has 130 valence electrons. The molecule has 3 N–H and O–H groups in total. The number of aliphatic hydroxyl groups is 2. The molecule has 3 unspecified atom stereocenters. The number of likely N-dealkylation sites (N-methyl/N-ethyl adjacent to an activating group) is 3. The third kappa shape index (κ3) is 14.4. The van der Waals surface area contributed by atoms with Crippen LogP contribution in [0, 0.1) is 0 Å². The van der Waals surface area contributed by atoms with Gasteiger partial charge in [-0.2, -0.15) is 0 Å². The lowest BCUT2D eigenvalue weighted by Crippen LogP contribution is -2.41. The molecule has 0 aliphatic heterocycles. The molecule has 0 rings (SSSR count). The Morgan fingerprint density at radius 2 is 1.29 bits per heavy atom. The van der Waals surface area contributed by atoms with Gasteiger partial charge in [-0.3, -0.25) is 14.4 Å². The third-order valence-electron chi connectivity index (χ3n) is 3.16. The zero-order chi connectivity index (χ0) is 17.2. The molecule has 0 saturated heterocycles. The summed E-state index contributed by atoms with van der Waals surface area (Å²) in [6, 6.07) is 0.325. The van der Waals surface area contributed by atoms with Crippen LogP contribution < -0.4 is 5.09 Å². The lowest BCUT2D eigenvalue weighted by Gasteiger charge is -2.27. The SMILES string of the molecule is C[C@@H]([C@H](O)CN(C)P)N(C)C.C[C@H](NP)[C@H](O)CN(C)P. The summed E-state index contributed by atoms with van der Waals surface area (Å²) in [5.74, 6) is 0. The molecule has 0 fully saturated rings. The van der Waals surface area contributed by atoms with Gasteiger partial charge in [-0.05, 0) is 42.0 Å². The highest BCUT2D eigenvalue weighted by Crippen LogP contribution is 2.03. The van der Waals surface area contributed by atoms with Crippen molar-refractivity contribution in [2.45, 2.75) is 38.1 Å². The van der Waals surface area contributed by atoms with Crippen molar-refractivity contribution in [1.29, 1.82) is 0 Å². The van der Waals surface area contributed by atoms with Gasteiger partial charge in [0.2, 0.25) is 0 Å². The Kier molecular flexibility index (Phi) is 15.6. The molecule has 0 aromatic carbocycles. The van der Waals surface area contributed by atoms with Gasteiger partial charge in [-0.15, -0.1) is 0 Å². The highest BCUT2D eigenvalue weighted by molar-refractivity contribution is 7.13. The second kappa shape index (κ2) is 13.5. The molecule has 6 nitrogen and oxygen atoms in total. The van der Waals surface area contributed by atoms with E-state index in [2.05, 4.69) is 33.3 Å². The molecule has 0 aliphatic rings. The van der Waals surface area contributed by atoms with Crippen LogP contribution in [0.15, 0.2) is 0 Å². The van der Waals surface area contributed by atoms with Crippen LogP contribution >= 0.6 is 28.2 Å². The molecule has 0 radical (unpaired) electrons. The predicted octanol–water partition coefficient (Wildman–Crippen LogP) is -0.143. The predicted molar refractivity (Wildman–Crippen MR) is 102 cm³/mol. The zero-order valence-electron chi connectivity index (χ0n) is 14.2. The van der Waals surface area contributed by atoms with Crippen molar-refractivity contribution in [3.8, 4) is 0 Å². The fraction of sp³-hybridized carbons (Fsp3) is 1.00. The maximum atomic E-state index is 9.56. The van der Waals surface area contributed by atoms with Crippen molar-refractivity contribution < 1.29 is 10.2 Å². The Balaban J connectivity index is 0. The van der Waals surface area contributed by atoms with Crippen LogP contribution in [-0.4, -0.2) is 90.0 Å². The van der Waals surface area contributed by atoms with E-state index in [4.69, 9.17) is 0 Å². The van der Waals surface area contributed by atoms with E-state index in [0.29, 0.717) is 13.1 Å². The van der Waals surface area contributed by atoms with Crippen molar-refractivity contribution in [2.75, 3.05) is 41.3 Å². The van der Waals surface area contributed by atoms with Crippen LogP contribution in [0.5, 0.6) is 0 Å². The normalized spacial score (nSPS) is 17.4. The smallest absolute Gasteiger partial charge is 0.0822 e. The first-order valence-corrected chi connectivity index (χ1v) is 8.54. The molecule has 0 saturated carbocycles. The zero-order valence-corrected chi connectivity index (χ0v) is 17.7. The van der Waals surface area contributed by atoms with Gasteiger partial charge >= 0.3 is 0 Å². The number of nitrogens with zero attached hydrogens (tertiary/aromatic N) is 3. The second-order valence-electron chi connectivity index (χ2n) is 5.67. The maximum Gasteiger partial charge on any atom is 0.0822 e. The van der Waals surface area contributed by atoms with Gasteiger partial charge in [-0.1, -0.05) is 28.2 Å². The summed E-state index contributed by atoms with van der Waals surface area (Å²) in [6.07, 6.45) is -0.604. The van der Waals surface area contributed by atoms with Crippen LogP contribution in [0.3, 0.4) is 0 Å². The Morgan fingerprint density at radius 3 is 1.57 bits per heavy atom. The van der Waals surface area contributed by atoms with Gasteiger partial charge in [0.15, 0.2) is 0 Å². The molecule has 7 atom stereocenters. The maximum absolute atomic E-state index is 9.56. The van der Waals surface area contributed by atoms with Gasteiger partial charge in [0.05, 0.1) is 12.2 Å². The summed E-state index contributed by atoms with van der Waals surface area (Å²) in [7, 11) is 15.2. The molecule has 0 aromatic heterocycles. The summed E-state index contributed by atoms with van der Waals surface area (Å²) >= 11 is 0. The number of nitrogens with one attached hydrogen (secondary N) is 1. The Bertz CT molecular complexity index is 249. The summed E-state index contributed by atoms with van der Waals surface area (Å²) < 4.78 is 3.79. The molecule has 0 aromatic rings. The Morgan fingerprint density at radius 1 is 0.905 bits per heavy atom. The Labute approximate surface area is 137 Å². The molecule has 0 spiro atoms. The number of hydrogen-bond donors (Lipinski definition) is 3. The summed E-state index contributed by atoms with van der Waals surface area (Å²) in [5.41, 5.74) is 0. The topological polar surface area (TPSA) is 62.2 Å². The average molecular weight is 360 g/mol. The first kappa shape index (κ1) is 24.3. The van der Waals surface area contributed by atoms with Gasteiger partial charge < -0.3 is 15.1 Å². The summed E-state index contributed by atoms with van der Waals surface area (Å²) in [6.45, 7) is 5.29. The lowest BCUT2D eigenvalue weighted by atomic mass is 10.2. The number of rotatable bonds is 8. The largest absolute Gasteiger partial charge is 0.390 e. The lowest BCUT2D eigenvalue weighted by molar-refractivity contribution is 0.0747. The van der Waals surface area contributed by atoms with E-state index < -0.39 is 0 Å². The van der Waals surface area contributed by atoms with Gasteiger partial charge in [-0.25, -0.2) is 0 Å². The van der Waals surface area contributed by atoms with E-state index in [1.807, 2.05) is 56.3 Å². The molecule has 9 heteroatoms. The van der Waals surface area contributed by atoms with Crippen LogP contribution in [0.4, 0.5) is 0 Å². The minimum absolute atomic E-state index is 0.119. The number of hydrogen-bond acceptors (Lipinski definition) is 6. The van der Waals surface area contributed by atoms with Crippen LogP contribution in [0.25, 0.3) is 0 Å². The van der Waals surface area contributed by atoms with E-state index in [1.54, 1.807) is 0 Å². The molecule has 21 heavy (non-hydrogen) atoms. The van der Waals surface area contributed by atoms with Crippen molar-refractivity contribution in [3.05, 3.63) is 0 Å². The molecule has 0 heterocycles. The van der Waals surface area contributed by atoms with E-state index in [-0.39, 0.29) is 24.3 Å². The van der Waals surface area contributed by atoms with Crippen LogP contribution in [-0.2, 0) is 0 Å². The fourth-order valence-electron chi connectivity index (χ4n) is 1.36. The number of aliphatic hydroxyl groups excluding tert-OH is 2. The van der Waals surface area contributed by atoms with Crippen molar-refractivity contribution in [2.24, 2.45) is 0 Å². The Hall–Kier alpha value is 1.05. The minimum atomic E-state index is -0.319. The molecule has 0 amide bonds. The third-order valence-corrected chi connectivity index (χ3v) is 4.11. The van der Waals surface area contributed by atoms with E-state index in [0.717, 1.165) is 0 Å². The van der Waals surface area contributed by atoms with E-state index in [9.17, 15) is 10.2 Å². The van der Waals surface area contributed by atoms with Crippen LogP contribution in [0.1, 0.15) is 13.8 Å². The summed E-state index contributed by atoms with van der Waals surface area (Å²) in [4.78, 5) is 2.01. The quantitative estimate of drug-likeness (QED) is 0.524. The highest BCUT2D eigenvalue weighted by atomic mass is 31.0. The summed E-state index contributed by atoms with van der Waals surface area (Å²) in [5, 5.41) is 21.8.